The lowest BCUT2D eigenvalue weighted by Crippen LogP contribution is -2.36. The minimum absolute atomic E-state index is 0.0802. The predicted molar refractivity (Wildman–Crippen MR) is 71.7 cm³/mol. The van der Waals surface area contributed by atoms with Crippen LogP contribution in [0.15, 0.2) is 0 Å². The number of carbonyl (C=O) groups excluding carboxylic acids is 1. The van der Waals surface area contributed by atoms with Crippen LogP contribution < -0.4 is 5.32 Å². The van der Waals surface area contributed by atoms with Crippen LogP contribution >= 0.6 is 0 Å². The molecule has 0 aromatic heterocycles. The highest BCUT2D eigenvalue weighted by molar-refractivity contribution is 5.78. The summed E-state index contributed by atoms with van der Waals surface area (Å²) in [6, 6.07) is 0. The first-order chi connectivity index (χ1) is 8.93. The molecule has 1 aliphatic carbocycles. The molecule has 19 heavy (non-hydrogen) atoms. The molecule has 0 radical (unpaired) electrons. The zero-order valence-electron chi connectivity index (χ0n) is 11.7. The van der Waals surface area contributed by atoms with Crippen LogP contribution in [-0.2, 0) is 9.59 Å². The van der Waals surface area contributed by atoms with Gasteiger partial charge in [0.05, 0.1) is 12.5 Å². The quantitative estimate of drug-likeness (QED) is 0.657. The van der Waals surface area contributed by atoms with Crippen LogP contribution in [0.2, 0.25) is 0 Å². The normalized spacial score (nSPS) is 19.7. The molecule has 5 nitrogen and oxygen atoms in total. The van der Waals surface area contributed by atoms with E-state index in [1.165, 1.54) is 0 Å². The van der Waals surface area contributed by atoms with Gasteiger partial charge in [-0.2, -0.15) is 0 Å². The van der Waals surface area contributed by atoms with Crippen molar-refractivity contribution in [3.63, 3.8) is 0 Å². The van der Waals surface area contributed by atoms with Crippen molar-refractivity contribution >= 4 is 11.9 Å². The fraction of sp³-hybridized carbons (Fsp3) is 0.857. The van der Waals surface area contributed by atoms with Gasteiger partial charge in [-0.1, -0.05) is 19.3 Å². The first kappa shape index (κ1) is 16.0. The molecule has 1 fully saturated rings. The molecule has 0 saturated heterocycles. The van der Waals surface area contributed by atoms with Crippen molar-refractivity contribution < 1.29 is 19.8 Å². The molecule has 0 spiro atoms. The van der Waals surface area contributed by atoms with Crippen LogP contribution in [0.4, 0.5) is 0 Å². The van der Waals surface area contributed by atoms with Crippen molar-refractivity contribution in [1.29, 1.82) is 0 Å². The molecule has 0 aromatic rings. The van der Waals surface area contributed by atoms with Gasteiger partial charge in [0, 0.05) is 13.0 Å². The van der Waals surface area contributed by atoms with Crippen LogP contribution in [0.25, 0.3) is 0 Å². The number of rotatable bonds is 7. The second-order valence-electron chi connectivity index (χ2n) is 5.80. The Hall–Kier alpha value is -1.10. The molecular weight excluding hydrogens is 246 g/mol. The van der Waals surface area contributed by atoms with E-state index in [2.05, 4.69) is 5.32 Å². The van der Waals surface area contributed by atoms with E-state index in [1.807, 2.05) is 0 Å². The number of aliphatic hydroxyl groups excluding tert-OH is 1. The van der Waals surface area contributed by atoms with Crippen molar-refractivity contribution in [3.05, 3.63) is 0 Å². The molecule has 0 aliphatic heterocycles. The molecule has 5 heteroatoms. The molecule has 3 N–H and O–H groups in total. The maximum absolute atomic E-state index is 11.9. The number of hydrogen-bond acceptors (Lipinski definition) is 3. The first-order valence-corrected chi connectivity index (χ1v) is 7.10. The van der Waals surface area contributed by atoms with Gasteiger partial charge in [-0.25, -0.2) is 0 Å². The van der Waals surface area contributed by atoms with Crippen molar-refractivity contribution in [3.8, 4) is 0 Å². The standard InChI is InChI=1S/C14H25NO4/c1-11(16)5-8-15-12(17)9-14(10-13(18)19)6-3-2-4-7-14/h11,16H,2-10H2,1H3,(H,15,17)(H,18,19). The lowest BCUT2D eigenvalue weighted by Gasteiger charge is -2.35. The third-order valence-corrected chi connectivity index (χ3v) is 3.86. The number of aliphatic hydroxyl groups is 1. The summed E-state index contributed by atoms with van der Waals surface area (Å²) >= 11 is 0. The van der Waals surface area contributed by atoms with Gasteiger partial charge in [0.15, 0.2) is 0 Å². The lowest BCUT2D eigenvalue weighted by molar-refractivity contribution is -0.141. The van der Waals surface area contributed by atoms with Gasteiger partial charge < -0.3 is 15.5 Å². The van der Waals surface area contributed by atoms with Crippen LogP contribution in [0.1, 0.15) is 58.3 Å². The molecule has 0 bridgehead atoms. The highest BCUT2D eigenvalue weighted by atomic mass is 16.4. The van der Waals surface area contributed by atoms with E-state index in [4.69, 9.17) is 10.2 Å². The van der Waals surface area contributed by atoms with Crippen molar-refractivity contribution in [1.82, 2.24) is 5.32 Å². The van der Waals surface area contributed by atoms with Crippen LogP contribution in [0, 0.1) is 5.41 Å². The van der Waals surface area contributed by atoms with Crippen molar-refractivity contribution in [2.75, 3.05) is 6.54 Å². The van der Waals surface area contributed by atoms with Crippen LogP contribution in [0.5, 0.6) is 0 Å². The Morgan fingerprint density at radius 1 is 1.21 bits per heavy atom. The van der Waals surface area contributed by atoms with E-state index in [1.54, 1.807) is 6.92 Å². The molecule has 110 valence electrons. The van der Waals surface area contributed by atoms with Gasteiger partial charge in [0.2, 0.25) is 5.91 Å². The Bertz CT molecular complexity index is 309. The third-order valence-electron chi connectivity index (χ3n) is 3.86. The fourth-order valence-electron chi connectivity index (χ4n) is 2.86. The number of carbonyl (C=O) groups is 2. The summed E-state index contributed by atoms with van der Waals surface area (Å²) in [6.07, 6.45) is 5.26. The second-order valence-corrected chi connectivity index (χ2v) is 5.80. The van der Waals surface area contributed by atoms with Gasteiger partial charge in [0.1, 0.15) is 0 Å². The van der Waals surface area contributed by atoms with E-state index >= 15 is 0 Å². The van der Waals surface area contributed by atoms with Gasteiger partial charge in [-0.05, 0) is 31.6 Å². The molecule has 0 heterocycles. The Morgan fingerprint density at radius 3 is 2.37 bits per heavy atom. The van der Waals surface area contributed by atoms with E-state index in [0.29, 0.717) is 19.4 Å². The summed E-state index contributed by atoms with van der Waals surface area (Å²) in [5.41, 5.74) is -0.362. The maximum Gasteiger partial charge on any atom is 0.303 e. The molecule has 1 unspecified atom stereocenters. The van der Waals surface area contributed by atoms with E-state index in [-0.39, 0.29) is 17.7 Å². The van der Waals surface area contributed by atoms with Gasteiger partial charge in [-0.3, -0.25) is 9.59 Å². The topological polar surface area (TPSA) is 86.6 Å². The highest BCUT2D eigenvalue weighted by Gasteiger charge is 2.36. The van der Waals surface area contributed by atoms with Crippen molar-refractivity contribution in [2.24, 2.45) is 5.41 Å². The minimum atomic E-state index is -0.821. The van der Waals surface area contributed by atoms with E-state index in [0.717, 1.165) is 32.1 Å². The first-order valence-electron chi connectivity index (χ1n) is 7.10. The Kier molecular flexibility index (Phi) is 6.28. The average Bonchev–Trinajstić information content (AvgIpc) is 2.27. The average molecular weight is 271 g/mol. The Morgan fingerprint density at radius 2 is 1.84 bits per heavy atom. The second kappa shape index (κ2) is 7.48. The summed E-state index contributed by atoms with van der Waals surface area (Å²) in [5.74, 6) is -0.914. The Labute approximate surface area is 114 Å². The number of hydrogen-bond donors (Lipinski definition) is 3. The van der Waals surface area contributed by atoms with E-state index < -0.39 is 12.1 Å². The number of carboxylic acids is 1. The summed E-state index contributed by atoms with van der Waals surface area (Å²) in [4.78, 5) is 22.9. The highest BCUT2D eigenvalue weighted by Crippen LogP contribution is 2.42. The van der Waals surface area contributed by atoms with Crippen molar-refractivity contribution in [2.45, 2.75) is 64.4 Å². The van der Waals surface area contributed by atoms with E-state index in [9.17, 15) is 9.59 Å². The number of nitrogens with one attached hydrogen (secondary N) is 1. The number of aliphatic carboxylic acids is 1. The number of amides is 1. The number of carboxylic acid groups (broad SMARTS) is 1. The minimum Gasteiger partial charge on any atom is -0.481 e. The maximum atomic E-state index is 11.9. The fourth-order valence-corrected chi connectivity index (χ4v) is 2.86. The molecule has 1 aliphatic rings. The largest absolute Gasteiger partial charge is 0.481 e. The molecule has 1 rings (SSSR count). The van der Waals surface area contributed by atoms with Crippen LogP contribution in [0.3, 0.4) is 0 Å². The smallest absolute Gasteiger partial charge is 0.303 e. The zero-order chi connectivity index (χ0) is 14.3. The van der Waals surface area contributed by atoms with Gasteiger partial charge in [-0.15, -0.1) is 0 Å². The molecule has 1 saturated carbocycles. The predicted octanol–water partition coefficient (Wildman–Crippen LogP) is 1.69. The lowest BCUT2D eigenvalue weighted by atomic mass is 9.69. The monoisotopic (exact) mass is 271 g/mol. The summed E-state index contributed by atoms with van der Waals surface area (Å²) < 4.78 is 0. The third kappa shape index (κ3) is 6.05. The zero-order valence-corrected chi connectivity index (χ0v) is 11.7. The summed E-state index contributed by atoms with van der Waals surface area (Å²) in [7, 11) is 0. The molecular formula is C14H25NO4. The summed E-state index contributed by atoms with van der Waals surface area (Å²) in [6.45, 7) is 2.12. The van der Waals surface area contributed by atoms with Gasteiger partial charge in [0.25, 0.3) is 0 Å². The Balaban J connectivity index is 2.47. The molecule has 0 aromatic carbocycles. The SMILES string of the molecule is CC(O)CCNC(=O)CC1(CC(=O)O)CCCCC1. The van der Waals surface area contributed by atoms with Crippen LogP contribution in [-0.4, -0.2) is 34.7 Å². The molecule has 1 amide bonds. The molecule has 1 atom stereocenters. The van der Waals surface area contributed by atoms with Gasteiger partial charge >= 0.3 is 5.97 Å². The summed E-state index contributed by atoms with van der Waals surface area (Å²) in [5, 5.41) is 20.9.